The van der Waals surface area contributed by atoms with Gasteiger partial charge in [0.05, 0.1) is 12.3 Å². The highest BCUT2D eigenvalue weighted by atomic mass is 19.1. The summed E-state index contributed by atoms with van der Waals surface area (Å²) >= 11 is 0. The van der Waals surface area contributed by atoms with E-state index in [1.165, 1.54) is 12.1 Å². The number of rotatable bonds is 9. The van der Waals surface area contributed by atoms with Crippen molar-refractivity contribution in [2.24, 2.45) is 0 Å². The maximum atomic E-state index is 13.6. The van der Waals surface area contributed by atoms with Crippen molar-refractivity contribution in [2.75, 3.05) is 11.9 Å². The monoisotopic (exact) mass is 537 g/mol. The summed E-state index contributed by atoms with van der Waals surface area (Å²) in [5, 5.41) is 6.31. The van der Waals surface area contributed by atoms with Crippen LogP contribution in [0, 0.1) is 5.82 Å². The SMILES string of the molecule is CCCCOC(=O)N[C@@H](C(=O)Nc1ccc2c(-c3ccncc3)c(-c3ccc(F)cc3)[nH]c2n1)c1ccccc1. The fourth-order valence-corrected chi connectivity index (χ4v) is 4.41. The van der Waals surface area contributed by atoms with Crippen LogP contribution in [0.25, 0.3) is 33.4 Å². The van der Waals surface area contributed by atoms with Gasteiger partial charge in [0.15, 0.2) is 0 Å². The van der Waals surface area contributed by atoms with Crippen LogP contribution in [0.5, 0.6) is 0 Å². The average molecular weight is 538 g/mol. The molecule has 40 heavy (non-hydrogen) atoms. The molecule has 9 heteroatoms. The van der Waals surface area contributed by atoms with Gasteiger partial charge in [-0.3, -0.25) is 9.78 Å². The topological polar surface area (TPSA) is 109 Å². The van der Waals surface area contributed by atoms with Gasteiger partial charge >= 0.3 is 6.09 Å². The van der Waals surface area contributed by atoms with Gasteiger partial charge in [0.1, 0.15) is 23.3 Å². The Morgan fingerprint density at radius 1 is 0.950 bits per heavy atom. The average Bonchev–Trinajstić information content (AvgIpc) is 3.36. The molecule has 5 aromatic rings. The number of benzene rings is 2. The van der Waals surface area contributed by atoms with Crippen molar-refractivity contribution in [2.45, 2.75) is 25.8 Å². The predicted octanol–water partition coefficient (Wildman–Crippen LogP) is 6.64. The second kappa shape index (κ2) is 12.2. The first-order chi connectivity index (χ1) is 19.5. The number of halogens is 1. The Hall–Kier alpha value is -5.05. The molecule has 1 atom stereocenters. The Labute approximate surface area is 230 Å². The molecule has 3 heterocycles. The Balaban J connectivity index is 1.46. The molecule has 0 aliphatic rings. The van der Waals surface area contributed by atoms with Crippen molar-refractivity contribution < 1.29 is 18.7 Å². The zero-order valence-electron chi connectivity index (χ0n) is 21.9. The molecule has 0 aliphatic heterocycles. The van der Waals surface area contributed by atoms with Crippen LogP contribution in [-0.4, -0.2) is 33.6 Å². The molecule has 2 aromatic carbocycles. The molecular weight excluding hydrogens is 509 g/mol. The van der Waals surface area contributed by atoms with Crippen molar-refractivity contribution in [3.63, 3.8) is 0 Å². The van der Waals surface area contributed by atoms with Gasteiger partial charge in [0.2, 0.25) is 0 Å². The number of ether oxygens (including phenoxy) is 1. The Bertz CT molecular complexity index is 1610. The van der Waals surface area contributed by atoms with Gasteiger partial charge in [-0.25, -0.2) is 14.2 Å². The van der Waals surface area contributed by atoms with Crippen LogP contribution in [-0.2, 0) is 9.53 Å². The largest absolute Gasteiger partial charge is 0.450 e. The second-order valence-electron chi connectivity index (χ2n) is 9.18. The van der Waals surface area contributed by atoms with Crippen LogP contribution in [0.15, 0.2) is 91.3 Å². The number of fused-ring (bicyclic) bond motifs is 1. The minimum Gasteiger partial charge on any atom is -0.450 e. The molecule has 2 amide bonds. The molecule has 0 aliphatic carbocycles. The fraction of sp³-hybridized carbons (Fsp3) is 0.161. The highest BCUT2D eigenvalue weighted by Crippen LogP contribution is 2.38. The summed E-state index contributed by atoms with van der Waals surface area (Å²) in [6, 6.07) is 21.5. The molecule has 202 valence electrons. The molecule has 5 rings (SSSR count). The summed E-state index contributed by atoms with van der Waals surface area (Å²) in [7, 11) is 0. The molecule has 0 saturated heterocycles. The fourth-order valence-electron chi connectivity index (χ4n) is 4.41. The van der Waals surface area contributed by atoms with Crippen molar-refractivity contribution in [1.82, 2.24) is 20.3 Å². The number of nitrogens with zero attached hydrogens (tertiary/aromatic N) is 2. The zero-order valence-corrected chi connectivity index (χ0v) is 21.9. The Kier molecular flexibility index (Phi) is 8.10. The number of aromatic amines is 1. The molecule has 3 N–H and O–H groups in total. The Morgan fingerprint density at radius 2 is 1.70 bits per heavy atom. The Morgan fingerprint density at radius 3 is 2.42 bits per heavy atom. The number of hydrogen-bond acceptors (Lipinski definition) is 5. The van der Waals surface area contributed by atoms with Gasteiger partial charge in [-0.2, -0.15) is 0 Å². The molecule has 0 spiro atoms. The van der Waals surface area contributed by atoms with Gasteiger partial charge in [-0.1, -0.05) is 43.7 Å². The number of alkyl carbamates (subject to hydrolysis) is 1. The minimum absolute atomic E-state index is 0.271. The van der Waals surface area contributed by atoms with E-state index in [0.717, 1.165) is 40.6 Å². The van der Waals surface area contributed by atoms with Crippen molar-refractivity contribution in [3.8, 4) is 22.4 Å². The number of unbranched alkanes of at least 4 members (excludes halogenated alkanes) is 1. The van der Waals surface area contributed by atoms with E-state index >= 15 is 0 Å². The third kappa shape index (κ3) is 5.99. The van der Waals surface area contributed by atoms with E-state index in [4.69, 9.17) is 4.74 Å². The summed E-state index contributed by atoms with van der Waals surface area (Å²) in [5.41, 5.74) is 4.48. The van der Waals surface area contributed by atoms with Gasteiger partial charge in [0.25, 0.3) is 5.91 Å². The van der Waals surface area contributed by atoms with E-state index in [-0.39, 0.29) is 12.4 Å². The van der Waals surface area contributed by atoms with E-state index in [9.17, 15) is 14.0 Å². The highest BCUT2D eigenvalue weighted by molar-refractivity contribution is 6.04. The number of aromatic nitrogens is 3. The van der Waals surface area contributed by atoms with E-state index in [1.807, 2.05) is 31.2 Å². The maximum absolute atomic E-state index is 13.6. The molecule has 0 radical (unpaired) electrons. The first-order valence-corrected chi connectivity index (χ1v) is 13.0. The standard InChI is InChI=1S/C31H28FN5O3/c1-2-3-19-40-31(39)37-28(21-7-5-4-6-8-21)30(38)35-25-14-13-24-26(20-15-17-33-18-16-20)27(36-29(24)34-25)22-9-11-23(32)12-10-22/h4-18,28H,2-3,19H2,1H3,(H,37,39)(H2,34,35,36,38)/t28-/m1/s1. The van der Waals surface area contributed by atoms with Gasteiger partial charge in [-0.05, 0) is 71.6 Å². The number of hydrogen-bond donors (Lipinski definition) is 3. The highest BCUT2D eigenvalue weighted by Gasteiger charge is 2.24. The lowest BCUT2D eigenvalue weighted by molar-refractivity contribution is -0.118. The van der Waals surface area contributed by atoms with Gasteiger partial charge < -0.3 is 20.4 Å². The number of carbonyl (C=O) groups is 2. The van der Waals surface area contributed by atoms with E-state index in [2.05, 4.69) is 25.6 Å². The number of nitrogens with one attached hydrogen (secondary N) is 3. The van der Waals surface area contributed by atoms with Crippen LogP contribution < -0.4 is 10.6 Å². The number of pyridine rings is 2. The summed E-state index contributed by atoms with van der Waals surface area (Å²) in [5.74, 6) is -0.498. The third-order valence-corrected chi connectivity index (χ3v) is 6.40. The quantitative estimate of drug-likeness (QED) is 0.183. The van der Waals surface area contributed by atoms with Crippen molar-refractivity contribution >= 4 is 28.9 Å². The van der Waals surface area contributed by atoms with Crippen molar-refractivity contribution in [3.05, 3.63) is 103 Å². The first-order valence-electron chi connectivity index (χ1n) is 13.0. The number of anilines is 1. The molecule has 0 bridgehead atoms. The van der Waals surface area contributed by atoms with E-state index < -0.39 is 18.0 Å². The van der Waals surface area contributed by atoms with Crippen LogP contribution in [0.2, 0.25) is 0 Å². The van der Waals surface area contributed by atoms with Gasteiger partial charge in [-0.15, -0.1) is 0 Å². The molecule has 8 nitrogen and oxygen atoms in total. The lowest BCUT2D eigenvalue weighted by Gasteiger charge is -2.18. The lowest BCUT2D eigenvalue weighted by atomic mass is 10.00. The van der Waals surface area contributed by atoms with Crippen LogP contribution in [0.1, 0.15) is 31.4 Å². The summed E-state index contributed by atoms with van der Waals surface area (Å²) in [6.45, 7) is 2.27. The third-order valence-electron chi connectivity index (χ3n) is 6.40. The molecule has 0 saturated carbocycles. The number of H-pyrrole nitrogens is 1. The molecule has 3 aromatic heterocycles. The normalized spacial score (nSPS) is 11.7. The smallest absolute Gasteiger partial charge is 0.408 e. The van der Waals surface area contributed by atoms with Crippen LogP contribution in [0.3, 0.4) is 0 Å². The summed E-state index contributed by atoms with van der Waals surface area (Å²) < 4.78 is 18.9. The van der Waals surface area contributed by atoms with Gasteiger partial charge in [0, 0.05) is 23.3 Å². The van der Waals surface area contributed by atoms with Crippen LogP contribution in [0.4, 0.5) is 15.0 Å². The predicted molar refractivity (Wildman–Crippen MR) is 152 cm³/mol. The second-order valence-corrected chi connectivity index (χ2v) is 9.18. The summed E-state index contributed by atoms with van der Waals surface area (Å²) in [4.78, 5) is 37.9. The molecule has 0 unspecified atom stereocenters. The zero-order chi connectivity index (χ0) is 27.9. The first kappa shape index (κ1) is 26.6. The lowest BCUT2D eigenvalue weighted by Crippen LogP contribution is -2.37. The van der Waals surface area contributed by atoms with E-state index in [1.54, 1.807) is 54.9 Å². The van der Waals surface area contributed by atoms with Crippen LogP contribution >= 0.6 is 0 Å². The molecular formula is C31H28FN5O3. The summed E-state index contributed by atoms with van der Waals surface area (Å²) in [6.07, 6.45) is 4.35. The molecule has 0 fully saturated rings. The number of amides is 2. The van der Waals surface area contributed by atoms with E-state index in [0.29, 0.717) is 17.0 Å². The number of carbonyl (C=O) groups excluding carboxylic acids is 2. The minimum atomic E-state index is -0.987. The van der Waals surface area contributed by atoms with Crippen molar-refractivity contribution in [1.29, 1.82) is 0 Å². The maximum Gasteiger partial charge on any atom is 0.408 e.